The highest BCUT2D eigenvalue weighted by molar-refractivity contribution is 5.63. The molecule has 0 radical (unpaired) electrons. The molecule has 3 heterocycles. The van der Waals surface area contributed by atoms with Crippen LogP contribution < -0.4 is 5.32 Å². The molecule has 0 amide bonds. The molecule has 0 spiro atoms. The fraction of sp³-hybridized carbons (Fsp3) is 0.105. The summed E-state index contributed by atoms with van der Waals surface area (Å²) in [5.74, 6) is 1.19. The predicted molar refractivity (Wildman–Crippen MR) is 93.7 cm³/mol. The zero-order chi connectivity index (χ0) is 17.1. The van der Waals surface area contributed by atoms with E-state index in [0.717, 1.165) is 28.0 Å². The molecular weight excluding hydrogens is 316 g/mol. The summed E-state index contributed by atoms with van der Waals surface area (Å²) >= 11 is 0. The van der Waals surface area contributed by atoms with Crippen molar-refractivity contribution in [3.63, 3.8) is 0 Å². The van der Waals surface area contributed by atoms with Crippen molar-refractivity contribution in [2.45, 2.75) is 13.5 Å². The predicted octanol–water partition coefficient (Wildman–Crippen LogP) is 4.31. The van der Waals surface area contributed by atoms with E-state index in [2.05, 4.69) is 32.6 Å². The minimum atomic E-state index is 0.377. The molecule has 0 unspecified atom stereocenters. The Morgan fingerprint density at radius 2 is 1.96 bits per heavy atom. The average molecular weight is 332 g/mol. The first-order valence-corrected chi connectivity index (χ1v) is 7.91. The molecule has 0 aliphatic heterocycles. The summed E-state index contributed by atoms with van der Waals surface area (Å²) in [7, 11) is 0. The molecule has 0 saturated heterocycles. The molecule has 1 aromatic carbocycles. The van der Waals surface area contributed by atoms with Crippen LogP contribution in [0.3, 0.4) is 0 Å². The maximum absolute atomic E-state index is 5.64. The van der Waals surface area contributed by atoms with E-state index in [-0.39, 0.29) is 0 Å². The Balaban J connectivity index is 1.47. The number of furan rings is 1. The number of nitrogens with zero attached hydrogens (tertiary/aromatic N) is 3. The molecule has 0 fully saturated rings. The van der Waals surface area contributed by atoms with E-state index in [1.54, 1.807) is 12.5 Å². The van der Waals surface area contributed by atoms with E-state index >= 15 is 0 Å². The highest BCUT2D eigenvalue weighted by Gasteiger charge is 2.12. The molecule has 6 nitrogen and oxygen atoms in total. The number of nitrogens with one attached hydrogen (secondary N) is 1. The molecule has 0 bridgehead atoms. The molecule has 4 aromatic rings. The van der Waals surface area contributed by atoms with Crippen LogP contribution in [-0.2, 0) is 6.54 Å². The SMILES string of the molecule is Cc1occc1-c1nnc(NCc2cccc(-c3cccnc3)c2)o1. The maximum Gasteiger partial charge on any atom is 0.316 e. The van der Waals surface area contributed by atoms with Gasteiger partial charge < -0.3 is 14.2 Å². The smallest absolute Gasteiger partial charge is 0.316 e. The number of rotatable bonds is 5. The molecule has 0 aliphatic rings. The van der Waals surface area contributed by atoms with E-state index in [1.807, 2.05) is 43.5 Å². The zero-order valence-corrected chi connectivity index (χ0v) is 13.6. The lowest BCUT2D eigenvalue weighted by Crippen LogP contribution is -1.99. The lowest BCUT2D eigenvalue weighted by molar-refractivity contribution is 0.530. The Kier molecular flexibility index (Phi) is 4.00. The second-order valence-corrected chi connectivity index (χ2v) is 5.60. The van der Waals surface area contributed by atoms with Crippen LogP contribution in [0.1, 0.15) is 11.3 Å². The molecule has 0 saturated carbocycles. The summed E-state index contributed by atoms with van der Waals surface area (Å²) in [6.07, 6.45) is 5.22. The summed E-state index contributed by atoms with van der Waals surface area (Å²) in [5.41, 5.74) is 4.12. The van der Waals surface area contributed by atoms with Gasteiger partial charge in [-0.25, -0.2) is 0 Å². The van der Waals surface area contributed by atoms with Gasteiger partial charge in [-0.3, -0.25) is 4.98 Å². The third kappa shape index (κ3) is 3.28. The molecule has 25 heavy (non-hydrogen) atoms. The summed E-state index contributed by atoms with van der Waals surface area (Å²) in [6.45, 7) is 2.44. The van der Waals surface area contributed by atoms with Gasteiger partial charge in [0.1, 0.15) is 5.76 Å². The molecule has 6 heteroatoms. The van der Waals surface area contributed by atoms with E-state index in [9.17, 15) is 0 Å². The highest BCUT2D eigenvalue weighted by atomic mass is 16.4. The summed E-state index contributed by atoms with van der Waals surface area (Å²) in [4.78, 5) is 4.16. The van der Waals surface area contributed by atoms with Gasteiger partial charge in [-0.05, 0) is 41.8 Å². The molecule has 1 N–H and O–H groups in total. The van der Waals surface area contributed by atoms with Gasteiger partial charge in [0.25, 0.3) is 5.89 Å². The van der Waals surface area contributed by atoms with Crippen molar-refractivity contribution >= 4 is 6.01 Å². The van der Waals surface area contributed by atoms with Crippen molar-refractivity contribution in [1.29, 1.82) is 0 Å². The molecule has 3 aromatic heterocycles. The van der Waals surface area contributed by atoms with Crippen LogP contribution in [0.5, 0.6) is 0 Å². The summed E-state index contributed by atoms with van der Waals surface area (Å²) in [6, 6.07) is 14.4. The topological polar surface area (TPSA) is 77.0 Å². The molecule has 4 rings (SSSR count). The lowest BCUT2D eigenvalue weighted by Gasteiger charge is -2.05. The van der Waals surface area contributed by atoms with Crippen LogP contribution in [0.4, 0.5) is 6.01 Å². The fourth-order valence-corrected chi connectivity index (χ4v) is 2.58. The highest BCUT2D eigenvalue weighted by Crippen LogP contribution is 2.24. The number of hydrogen-bond donors (Lipinski definition) is 1. The van der Waals surface area contributed by atoms with Crippen molar-refractivity contribution in [1.82, 2.24) is 15.2 Å². The Labute approximate surface area is 144 Å². The standard InChI is InChI=1S/C19H16N4O2/c1-13-17(7-9-24-13)18-22-23-19(25-18)21-11-14-4-2-5-15(10-14)16-6-3-8-20-12-16/h2-10,12H,11H2,1H3,(H,21,23). The summed E-state index contributed by atoms with van der Waals surface area (Å²) < 4.78 is 10.9. The van der Waals surface area contributed by atoms with Gasteiger partial charge in [0, 0.05) is 18.9 Å². The van der Waals surface area contributed by atoms with Gasteiger partial charge in [0.15, 0.2) is 0 Å². The first-order valence-electron chi connectivity index (χ1n) is 7.91. The van der Waals surface area contributed by atoms with Crippen molar-refractivity contribution < 1.29 is 8.83 Å². The van der Waals surface area contributed by atoms with Gasteiger partial charge >= 0.3 is 6.01 Å². The minimum absolute atomic E-state index is 0.377. The Morgan fingerprint density at radius 3 is 2.76 bits per heavy atom. The normalized spacial score (nSPS) is 10.8. The van der Waals surface area contributed by atoms with E-state index in [1.165, 1.54) is 0 Å². The number of anilines is 1. The number of hydrogen-bond acceptors (Lipinski definition) is 6. The fourth-order valence-electron chi connectivity index (χ4n) is 2.58. The molecule has 124 valence electrons. The third-order valence-corrected chi connectivity index (χ3v) is 3.88. The van der Waals surface area contributed by atoms with Crippen molar-refractivity contribution in [2.75, 3.05) is 5.32 Å². The second-order valence-electron chi connectivity index (χ2n) is 5.60. The number of aromatic nitrogens is 3. The zero-order valence-electron chi connectivity index (χ0n) is 13.6. The monoisotopic (exact) mass is 332 g/mol. The minimum Gasteiger partial charge on any atom is -0.469 e. The average Bonchev–Trinajstić information content (AvgIpc) is 3.29. The van der Waals surface area contributed by atoms with E-state index < -0.39 is 0 Å². The van der Waals surface area contributed by atoms with Gasteiger partial charge in [-0.2, -0.15) is 0 Å². The Hall–Kier alpha value is -3.41. The van der Waals surface area contributed by atoms with Gasteiger partial charge in [0.05, 0.1) is 11.8 Å². The van der Waals surface area contributed by atoms with Crippen molar-refractivity contribution in [3.8, 4) is 22.6 Å². The lowest BCUT2D eigenvalue weighted by atomic mass is 10.0. The number of pyridine rings is 1. The van der Waals surface area contributed by atoms with Gasteiger partial charge in [-0.1, -0.05) is 29.4 Å². The Bertz CT molecular complexity index is 976. The van der Waals surface area contributed by atoms with Crippen molar-refractivity contribution in [3.05, 3.63) is 72.4 Å². The van der Waals surface area contributed by atoms with E-state index in [4.69, 9.17) is 8.83 Å². The maximum atomic E-state index is 5.64. The number of benzene rings is 1. The second kappa shape index (κ2) is 6.60. The van der Waals surface area contributed by atoms with Crippen LogP contribution in [0.2, 0.25) is 0 Å². The Morgan fingerprint density at radius 1 is 1.04 bits per heavy atom. The number of aryl methyl sites for hydroxylation is 1. The molecule has 0 atom stereocenters. The largest absolute Gasteiger partial charge is 0.469 e. The summed E-state index contributed by atoms with van der Waals surface area (Å²) in [5, 5.41) is 11.2. The molecule has 0 aliphatic carbocycles. The van der Waals surface area contributed by atoms with Crippen LogP contribution in [0.15, 0.2) is 70.0 Å². The quantitative estimate of drug-likeness (QED) is 0.587. The van der Waals surface area contributed by atoms with Crippen LogP contribution in [-0.4, -0.2) is 15.2 Å². The third-order valence-electron chi connectivity index (χ3n) is 3.88. The van der Waals surface area contributed by atoms with Gasteiger partial charge in [-0.15, -0.1) is 5.10 Å². The molecular formula is C19H16N4O2. The first-order chi connectivity index (χ1) is 12.3. The van der Waals surface area contributed by atoms with Gasteiger partial charge in [0.2, 0.25) is 0 Å². The van der Waals surface area contributed by atoms with Crippen LogP contribution in [0.25, 0.3) is 22.6 Å². The van der Waals surface area contributed by atoms with Crippen LogP contribution in [0, 0.1) is 6.92 Å². The van der Waals surface area contributed by atoms with E-state index in [0.29, 0.717) is 18.5 Å². The first kappa shape index (κ1) is 15.1. The van der Waals surface area contributed by atoms with Crippen LogP contribution >= 0.6 is 0 Å². The van der Waals surface area contributed by atoms with Crippen molar-refractivity contribution in [2.24, 2.45) is 0 Å².